The summed E-state index contributed by atoms with van der Waals surface area (Å²) in [6.45, 7) is 0.131. The summed E-state index contributed by atoms with van der Waals surface area (Å²) in [5.41, 5.74) is 1.87. The van der Waals surface area contributed by atoms with E-state index in [4.69, 9.17) is 21.4 Å². The highest BCUT2D eigenvalue weighted by atomic mass is 35.5. The van der Waals surface area contributed by atoms with Crippen LogP contribution in [0.25, 0.3) is 0 Å². The Balaban J connectivity index is 1.59. The highest BCUT2D eigenvalue weighted by Crippen LogP contribution is 2.37. The molecule has 3 rings (SSSR count). The van der Waals surface area contributed by atoms with Crippen LogP contribution in [-0.2, 0) is 4.79 Å². The Morgan fingerprint density at radius 1 is 1.21 bits per heavy atom. The van der Waals surface area contributed by atoms with Crippen molar-refractivity contribution in [2.24, 2.45) is 0 Å². The van der Waals surface area contributed by atoms with Crippen molar-refractivity contribution in [2.75, 3.05) is 13.2 Å². The van der Waals surface area contributed by atoms with E-state index < -0.39 is 12.1 Å². The zero-order valence-electron chi connectivity index (χ0n) is 15.7. The monoisotopic (exact) mass is 403 g/mol. The molecule has 150 valence electrons. The molecule has 0 amide bonds. The van der Waals surface area contributed by atoms with Crippen molar-refractivity contribution in [2.45, 2.75) is 43.7 Å². The summed E-state index contributed by atoms with van der Waals surface area (Å²) >= 11 is 6.00. The number of carbonyl (C=O) groups is 1. The van der Waals surface area contributed by atoms with E-state index in [1.165, 1.54) is 0 Å². The molecule has 1 fully saturated rings. The third kappa shape index (κ3) is 5.71. The topological polar surface area (TPSA) is 78.8 Å². The highest BCUT2D eigenvalue weighted by molar-refractivity contribution is 6.30. The lowest BCUT2D eigenvalue weighted by Gasteiger charge is -2.31. The SMILES string of the molecule is O=C(O)COc1ccccc1C1CCCC(NC[C@H](O)c2cccc(Cl)c2)C1. The number of hydrogen-bond acceptors (Lipinski definition) is 4. The van der Waals surface area contributed by atoms with Gasteiger partial charge in [0.25, 0.3) is 0 Å². The molecule has 2 aromatic rings. The number of hydrogen-bond donors (Lipinski definition) is 3. The summed E-state index contributed by atoms with van der Waals surface area (Å²) in [6, 6.07) is 15.3. The van der Waals surface area contributed by atoms with Gasteiger partial charge < -0.3 is 20.3 Å². The van der Waals surface area contributed by atoms with E-state index in [-0.39, 0.29) is 6.61 Å². The second-order valence-corrected chi connectivity index (χ2v) is 7.70. The first kappa shape index (κ1) is 20.6. The Kier molecular flexibility index (Phi) is 7.31. The van der Waals surface area contributed by atoms with Crippen LogP contribution < -0.4 is 10.1 Å². The maximum atomic E-state index is 10.8. The van der Waals surface area contributed by atoms with Crippen LogP contribution in [0.5, 0.6) is 5.75 Å². The number of aliphatic hydroxyl groups is 1. The van der Waals surface area contributed by atoms with E-state index in [1.807, 2.05) is 36.4 Å². The van der Waals surface area contributed by atoms with Gasteiger partial charge in [0.15, 0.2) is 6.61 Å². The van der Waals surface area contributed by atoms with Crippen LogP contribution in [0.2, 0.25) is 5.02 Å². The Labute approximate surface area is 170 Å². The van der Waals surface area contributed by atoms with Gasteiger partial charge in [-0.3, -0.25) is 0 Å². The van der Waals surface area contributed by atoms with Gasteiger partial charge >= 0.3 is 5.97 Å². The number of aliphatic hydroxyl groups excluding tert-OH is 1. The molecule has 3 atom stereocenters. The van der Waals surface area contributed by atoms with Crippen molar-refractivity contribution in [1.29, 1.82) is 0 Å². The molecule has 28 heavy (non-hydrogen) atoms. The molecule has 3 N–H and O–H groups in total. The summed E-state index contributed by atoms with van der Waals surface area (Å²) in [7, 11) is 0. The number of aliphatic carboxylic acids is 1. The van der Waals surface area contributed by atoms with Crippen molar-refractivity contribution < 1.29 is 19.7 Å². The fourth-order valence-electron chi connectivity index (χ4n) is 3.86. The van der Waals surface area contributed by atoms with Crippen molar-refractivity contribution in [3.8, 4) is 5.75 Å². The first-order valence-corrected chi connectivity index (χ1v) is 10.0. The molecule has 1 saturated carbocycles. The number of ether oxygens (including phenoxy) is 1. The lowest BCUT2D eigenvalue weighted by molar-refractivity contribution is -0.139. The standard InChI is InChI=1S/C22H26ClNO4/c23-17-7-3-6-16(11-17)20(25)13-24-18-8-4-5-15(12-18)19-9-1-2-10-21(19)28-14-22(26)27/h1-3,6-7,9-11,15,18,20,24-25H,4-5,8,12-14H2,(H,26,27)/t15?,18?,20-/m0/s1. The van der Waals surface area contributed by atoms with Gasteiger partial charge in [0.1, 0.15) is 5.75 Å². The Hall–Kier alpha value is -2.08. The predicted octanol–water partition coefficient (Wildman–Crippen LogP) is 4.15. The quantitative estimate of drug-likeness (QED) is 0.617. The van der Waals surface area contributed by atoms with Crippen LogP contribution in [0.15, 0.2) is 48.5 Å². The van der Waals surface area contributed by atoms with Gasteiger partial charge in [-0.05, 0) is 54.5 Å². The van der Waals surface area contributed by atoms with Gasteiger partial charge in [0.2, 0.25) is 0 Å². The molecule has 1 aliphatic rings. The lowest BCUT2D eigenvalue weighted by Crippen LogP contribution is -2.36. The predicted molar refractivity (Wildman–Crippen MR) is 109 cm³/mol. The average molecular weight is 404 g/mol. The van der Waals surface area contributed by atoms with Crippen molar-refractivity contribution in [3.05, 3.63) is 64.7 Å². The van der Waals surface area contributed by atoms with Crippen LogP contribution >= 0.6 is 11.6 Å². The molecule has 0 aromatic heterocycles. The van der Waals surface area contributed by atoms with E-state index in [0.29, 0.717) is 29.3 Å². The Bertz CT molecular complexity index is 798. The van der Waals surface area contributed by atoms with Crippen LogP contribution in [0.1, 0.15) is 48.8 Å². The number of carboxylic acid groups (broad SMARTS) is 1. The first-order chi connectivity index (χ1) is 13.5. The molecular weight excluding hydrogens is 378 g/mol. The number of para-hydroxylation sites is 1. The van der Waals surface area contributed by atoms with Crippen LogP contribution in [0.3, 0.4) is 0 Å². The molecular formula is C22H26ClNO4. The van der Waals surface area contributed by atoms with Gasteiger partial charge in [-0.15, -0.1) is 0 Å². The van der Waals surface area contributed by atoms with E-state index in [0.717, 1.165) is 36.8 Å². The molecule has 6 heteroatoms. The summed E-state index contributed by atoms with van der Waals surface area (Å²) < 4.78 is 5.48. The van der Waals surface area contributed by atoms with Crippen LogP contribution in [-0.4, -0.2) is 35.4 Å². The third-order valence-electron chi connectivity index (χ3n) is 5.22. The largest absolute Gasteiger partial charge is 0.482 e. The van der Waals surface area contributed by atoms with E-state index in [9.17, 15) is 9.90 Å². The molecule has 2 aromatic carbocycles. The Morgan fingerprint density at radius 2 is 2.04 bits per heavy atom. The number of rotatable bonds is 8. The van der Waals surface area contributed by atoms with Crippen LogP contribution in [0, 0.1) is 0 Å². The van der Waals surface area contributed by atoms with Gasteiger partial charge in [-0.1, -0.05) is 48.4 Å². The molecule has 0 saturated heterocycles. The second-order valence-electron chi connectivity index (χ2n) is 7.26. The lowest BCUT2D eigenvalue weighted by atomic mass is 9.81. The smallest absolute Gasteiger partial charge is 0.341 e. The van der Waals surface area contributed by atoms with Gasteiger partial charge in [0.05, 0.1) is 6.10 Å². The molecule has 0 aliphatic heterocycles. The second kappa shape index (κ2) is 9.92. The van der Waals surface area contributed by atoms with E-state index in [1.54, 1.807) is 12.1 Å². The summed E-state index contributed by atoms with van der Waals surface area (Å²) in [6.07, 6.45) is 3.49. The molecule has 5 nitrogen and oxygen atoms in total. The zero-order chi connectivity index (χ0) is 19.9. The number of nitrogens with one attached hydrogen (secondary N) is 1. The highest BCUT2D eigenvalue weighted by Gasteiger charge is 2.26. The molecule has 2 unspecified atom stereocenters. The van der Waals surface area contributed by atoms with Gasteiger partial charge in [0, 0.05) is 17.6 Å². The normalized spacial score (nSPS) is 20.5. The Morgan fingerprint density at radius 3 is 2.82 bits per heavy atom. The van der Waals surface area contributed by atoms with Crippen molar-refractivity contribution in [1.82, 2.24) is 5.32 Å². The van der Waals surface area contributed by atoms with E-state index in [2.05, 4.69) is 5.32 Å². The number of benzene rings is 2. The average Bonchev–Trinajstić information content (AvgIpc) is 2.71. The number of halogens is 1. The van der Waals surface area contributed by atoms with Crippen molar-refractivity contribution in [3.63, 3.8) is 0 Å². The third-order valence-corrected chi connectivity index (χ3v) is 5.45. The summed E-state index contributed by atoms with van der Waals surface area (Å²) in [5, 5.41) is 23.4. The minimum Gasteiger partial charge on any atom is -0.482 e. The van der Waals surface area contributed by atoms with E-state index >= 15 is 0 Å². The summed E-state index contributed by atoms with van der Waals surface area (Å²) in [4.78, 5) is 10.8. The molecule has 0 radical (unpaired) electrons. The first-order valence-electron chi connectivity index (χ1n) is 9.63. The molecule has 0 bridgehead atoms. The minimum absolute atomic E-state index is 0.292. The number of carboxylic acids is 1. The molecule has 0 heterocycles. The maximum absolute atomic E-state index is 10.8. The summed E-state index contributed by atoms with van der Waals surface area (Å²) in [5.74, 6) is -0.0259. The fourth-order valence-corrected chi connectivity index (χ4v) is 4.06. The minimum atomic E-state index is -0.979. The zero-order valence-corrected chi connectivity index (χ0v) is 16.4. The molecule has 0 spiro atoms. The fraction of sp³-hybridized carbons (Fsp3) is 0.409. The van der Waals surface area contributed by atoms with Gasteiger partial charge in [-0.25, -0.2) is 4.79 Å². The van der Waals surface area contributed by atoms with Gasteiger partial charge in [-0.2, -0.15) is 0 Å². The van der Waals surface area contributed by atoms with Crippen LogP contribution in [0.4, 0.5) is 0 Å². The maximum Gasteiger partial charge on any atom is 0.341 e. The molecule has 1 aliphatic carbocycles. The van der Waals surface area contributed by atoms with Crippen molar-refractivity contribution >= 4 is 17.6 Å².